The third-order valence-electron chi connectivity index (χ3n) is 4.06. The van der Waals surface area contributed by atoms with Crippen LogP contribution in [0.25, 0.3) is 0 Å². The van der Waals surface area contributed by atoms with E-state index < -0.39 is 0 Å². The Labute approximate surface area is 133 Å². The van der Waals surface area contributed by atoms with E-state index in [9.17, 15) is 5.11 Å². The average molecular weight is 311 g/mol. The number of rotatable bonds is 6. The van der Waals surface area contributed by atoms with Crippen LogP contribution in [0.15, 0.2) is 18.2 Å². The van der Waals surface area contributed by atoms with Gasteiger partial charge in [-0.2, -0.15) is 0 Å². The smallest absolute Gasteiger partial charge is 0.0606 e. The molecule has 0 saturated heterocycles. The molecule has 4 heteroatoms. The van der Waals surface area contributed by atoms with Crippen LogP contribution in [-0.4, -0.2) is 29.8 Å². The van der Waals surface area contributed by atoms with Crippen molar-refractivity contribution in [2.75, 3.05) is 18.1 Å². The van der Waals surface area contributed by atoms with Crippen LogP contribution in [0.4, 0.5) is 5.69 Å². The first kappa shape index (κ1) is 16.6. The predicted molar refractivity (Wildman–Crippen MR) is 90.1 cm³/mol. The number of nitrogens with one attached hydrogen (secondary N) is 1. The van der Waals surface area contributed by atoms with Crippen molar-refractivity contribution in [3.05, 3.63) is 28.8 Å². The van der Waals surface area contributed by atoms with E-state index in [1.54, 1.807) is 0 Å². The standard InChI is InChI=1S/C17H27ClN2O/c1-17(2,3)19-12-14-15(18)8-5-9-16(14)20(10-11-21)13-6-4-7-13/h5,8-9,13,19,21H,4,6-7,10-12H2,1-3H3. The minimum atomic E-state index is 0.0503. The highest BCUT2D eigenvalue weighted by Crippen LogP contribution is 2.34. The van der Waals surface area contributed by atoms with Gasteiger partial charge in [0, 0.05) is 40.9 Å². The van der Waals surface area contributed by atoms with E-state index in [0.717, 1.165) is 22.8 Å². The number of halogens is 1. The summed E-state index contributed by atoms with van der Waals surface area (Å²) in [7, 11) is 0. The van der Waals surface area contributed by atoms with E-state index in [4.69, 9.17) is 11.6 Å². The molecular weight excluding hydrogens is 284 g/mol. The molecule has 118 valence electrons. The highest BCUT2D eigenvalue weighted by Gasteiger charge is 2.27. The molecule has 0 spiro atoms. The number of benzene rings is 1. The monoisotopic (exact) mass is 310 g/mol. The normalized spacial score (nSPS) is 15.9. The van der Waals surface area contributed by atoms with Crippen LogP contribution in [-0.2, 0) is 6.54 Å². The van der Waals surface area contributed by atoms with Gasteiger partial charge < -0.3 is 15.3 Å². The molecule has 0 unspecified atom stereocenters. The highest BCUT2D eigenvalue weighted by atomic mass is 35.5. The third-order valence-corrected chi connectivity index (χ3v) is 4.41. The van der Waals surface area contributed by atoms with Crippen molar-refractivity contribution in [1.29, 1.82) is 0 Å². The molecule has 21 heavy (non-hydrogen) atoms. The molecule has 2 N–H and O–H groups in total. The molecule has 1 aromatic carbocycles. The lowest BCUT2D eigenvalue weighted by atomic mass is 9.90. The van der Waals surface area contributed by atoms with E-state index in [2.05, 4.69) is 37.1 Å². The third kappa shape index (κ3) is 4.35. The van der Waals surface area contributed by atoms with Crippen LogP contribution < -0.4 is 10.2 Å². The maximum Gasteiger partial charge on any atom is 0.0606 e. The van der Waals surface area contributed by atoms with Crippen LogP contribution in [0.3, 0.4) is 0 Å². The van der Waals surface area contributed by atoms with E-state index in [1.807, 2.05) is 12.1 Å². The van der Waals surface area contributed by atoms with Crippen LogP contribution in [0.2, 0.25) is 5.02 Å². The minimum absolute atomic E-state index is 0.0503. The Morgan fingerprint density at radius 1 is 1.33 bits per heavy atom. The molecule has 1 aromatic rings. The van der Waals surface area contributed by atoms with Crippen LogP contribution >= 0.6 is 11.6 Å². The first-order chi connectivity index (χ1) is 9.92. The molecule has 0 bridgehead atoms. The van der Waals surface area contributed by atoms with Gasteiger partial charge in [-0.3, -0.25) is 0 Å². The van der Waals surface area contributed by atoms with Crippen molar-refractivity contribution < 1.29 is 5.11 Å². The molecule has 0 radical (unpaired) electrons. The molecule has 1 fully saturated rings. The topological polar surface area (TPSA) is 35.5 Å². The van der Waals surface area contributed by atoms with Crippen molar-refractivity contribution in [3.63, 3.8) is 0 Å². The van der Waals surface area contributed by atoms with Gasteiger partial charge in [0.15, 0.2) is 0 Å². The second-order valence-corrected chi connectivity index (χ2v) is 7.25. The Morgan fingerprint density at radius 2 is 2.05 bits per heavy atom. The summed E-state index contributed by atoms with van der Waals surface area (Å²) in [6.45, 7) is 8.05. The highest BCUT2D eigenvalue weighted by molar-refractivity contribution is 6.31. The summed E-state index contributed by atoms with van der Waals surface area (Å²) in [4.78, 5) is 2.33. The number of aliphatic hydroxyl groups is 1. The summed E-state index contributed by atoms with van der Waals surface area (Å²) in [5.74, 6) is 0. The summed E-state index contributed by atoms with van der Waals surface area (Å²) in [5.41, 5.74) is 2.35. The quantitative estimate of drug-likeness (QED) is 0.843. The Bertz CT molecular complexity index is 466. The molecule has 2 rings (SSSR count). The predicted octanol–water partition coefficient (Wildman–Crippen LogP) is 3.58. The van der Waals surface area contributed by atoms with Crippen molar-refractivity contribution in [2.24, 2.45) is 0 Å². The van der Waals surface area contributed by atoms with Gasteiger partial charge in [-0.15, -0.1) is 0 Å². The zero-order valence-corrected chi connectivity index (χ0v) is 14.1. The van der Waals surface area contributed by atoms with Crippen molar-refractivity contribution >= 4 is 17.3 Å². The van der Waals surface area contributed by atoms with Gasteiger partial charge in [0.25, 0.3) is 0 Å². The average Bonchev–Trinajstić information content (AvgIpc) is 2.33. The Morgan fingerprint density at radius 3 is 2.57 bits per heavy atom. The number of hydrogen-bond donors (Lipinski definition) is 2. The summed E-state index contributed by atoms with van der Waals surface area (Å²) >= 11 is 6.44. The maximum absolute atomic E-state index is 9.40. The molecule has 0 heterocycles. The lowest BCUT2D eigenvalue weighted by Crippen LogP contribution is -2.43. The molecule has 0 aliphatic heterocycles. The van der Waals surface area contributed by atoms with Crippen LogP contribution in [0.1, 0.15) is 45.6 Å². The Balaban J connectivity index is 2.25. The van der Waals surface area contributed by atoms with Crippen LogP contribution in [0, 0.1) is 0 Å². The van der Waals surface area contributed by atoms with Crippen molar-refractivity contribution in [3.8, 4) is 0 Å². The molecular formula is C17H27ClN2O. The SMILES string of the molecule is CC(C)(C)NCc1c(Cl)cccc1N(CCO)C1CCC1. The number of aliphatic hydroxyl groups excluding tert-OH is 1. The van der Waals surface area contributed by atoms with Gasteiger partial charge in [0.1, 0.15) is 0 Å². The molecule has 0 amide bonds. The second-order valence-electron chi connectivity index (χ2n) is 6.84. The molecule has 0 atom stereocenters. The zero-order chi connectivity index (χ0) is 15.5. The fourth-order valence-electron chi connectivity index (χ4n) is 2.65. The number of nitrogens with zero attached hydrogens (tertiary/aromatic N) is 1. The lowest BCUT2D eigenvalue weighted by Gasteiger charge is -2.40. The molecule has 0 aromatic heterocycles. The van der Waals surface area contributed by atoms with Crippen molar-refractivity contribution in [1.82, 2.24) is 5.32 Å². The first-order valence-corrected chi connectivity index (χ1v) is 8.20. The van der Waals surface area contributed by atoms with Gasteiger partial charge >= 0.3 is 0 Å². The van der Waals surface area contributed by atoms with Crippen LogP contribution in [0.5, 0.6) is 0 Å². The van der Waals surface area contributed by atoms with Gasteiger partial charge in [-0.05, 0) is 52.2 Å². The van der Waals surface area contributed by atoms with Gasteiger partial charge in [-0.1, -0.05) is 17.7 Å². The maximum atomic E-state index is 9.40. The van der Waals surface area contributed by atoms with E-state index in [0.29, 0.717) is 12.6 Å². The summed E-state index contributed by atoms with van der Waals surface area (Å²) in [5, 5.41) is 13.7. The first-order valence-electron chi connectivity index (χ1n) is 7.82. The van der Waals surface area contributed by atoms with E-state index in [1.165, 1.54) is 19.3 Å². The van der Waals surface area contributed by atoms with Gasteiger partial charge in [0.05, 0.1) is 6.61 Å². The number of anilines is 1. The fourth-order valence-corrected chi connectivity index (χ4v) is 2.89. The summed E-state index contributed by atoms with van der Waals surface area (Å²) < 4.78 is 0. The Hall–Kier alpha value is -0.770. The zero-order valence-electron chi connectivity index (χ0n) is 13.3. The van der Waals surface area contributed by atoms with E-state index in [-0.39, 0.29) is 12.1 Å². The van der Waals surface area contributed by atoms with E-state index >= 15 is 0 Å². The Kier molecular flexibility index (Phi) is 5.53. The molecule has 1 aliphatic carbocycles. The fraction of sp³-hybridized carbons (Fsp3) is 0.647. The molecule has 1 saturated carbocycles. The minimum Gasteiger partial charge on any atom is -0.395 e. The lowest BCUT2D eigenvalue weighted by molar-refractivity contribution is 0.283. The summed E-state index contributed by atoms with van der Waals surface area (Å²) in [6, 6.07) is 6.62. The van der Waals surface area contributed by atoms with Crippen molar-refractivity contribution in [2.45, 2.75) is 58.2 Å². The molecule has 3 nitrogen and oxygen atoms in total. The largest absolute Gasteiger partial charge is 0.395 e. The van der Waals surface area contributed by atoms with Gasteiger partial charge in [-0.25, -0.2) is 0 Å². The second kappa shape index (κ2) is 6.99. The van der Waals surface area contributed by atoms with Gasteiger partial charge in [0.2, 0.25) is 0 Å². The number of hydrogen-bond acceptors (Lipinski definition) is 3. The summed E-state index contributed by atoms with van der Waals surface area (Å²) in [6.07, 6.45) is 3.69. The molecule has 1 aliphatic rings.